The van der Waals surface area contributed by atoms with E-state index in [1.54, 1.807) is 10.6 Å². The molecule has 0 aromatic carbocycles. The first kappa shape index (κ1) is 14.5. The summed E-state index contributed by atoms with van der Waals surface area (Å²) in [4.78, 5) is 11.9. The quantitative estimate of drug-likeness (QED) is 0.692. The Kier molecular flexibility index (Phi) is 6.21. The van der Waals surface area contributed by atoms with Gasteiger partial charge >= 0.3 is 0 Å². The van der Waals surface area contributed by atoms with Crippen molar-refractivity contribution in [3.8, 4) is 6.07 Å². The van der Waals surface area contributed by atoms with E-state index in [-0.39, 0.29) is 11.1 Å². The molecule has 1 heterocycles. The summed E-state index contributed by atoms with van der Waals surface area (Å²) in [6, 6.07) is 5.40. The maximum atomic E-state index is 11.9. The largest absolute Gasteiger partial charge is 0.312 e. The lowest BCUT2D eigenvalue weighted by atomic mass is 10.1. The van der Waals surface area contributed by atoms with Gasteiger partial charge in [-0.25, -0.2) is 0 Å². The molecule has 0 saturated carbocycles. The molecule has 3 nitrogen and oxygen atoms in total. The number of nitriles is 1. The van der Waals surface area contributed by atoms with Crippen LogP contribution in [0.2, 0.25) is 0 Å². The molecular weight excluding hydrogens is 224 g/mol. The lowest BCUT2D eigenvalue weighted by Crippen LogP contribution is -2.24. The van der Waals surface area contributed by atoms with Gasteiger partial charge in [-0.15, -0.1) is 0 Å². The van der Waals surface area contributed by atoms with E-state index in [4.69, 9.17) is 5.26 Å². The van der Waals surface area contributed by atoms with Gasteiger partial charge in [-0.2, -0.15) is 5.26 Å². The van der Waals surface area contributed by atoms with Gasteiger partial charge in [-0.3, -0.25) is 4.79 Å². The first-order valence-electron chi connectivity index (χ1n) is 6.81. The SMILES string of the molecule is CCCCCCCCn1c(C)ccc(C#N)c1=O. The van der Waals surface area contributed by atoms with Crippen LogP contribution in [-0.2, 0) is 6.54 Å². The van der Waals surface area contributed by atoms with E-state index in [0.717, 1.165) is 25.1 Å². The van der Waals surface area contributed by atoms with Gasteiger partial charge in [-0.1, -0.05) is 39.0 Å². The van der Waals surface area contributed by atoms with E-state index >= 15 is 0 Å². The van der Waals surface area contributed by atoms with Crippen molar-refractivity contribution in [2.24, 2.45) is 0 Å². The number of pyridine rings is 1. The fourth-order valence-corrected chi connectivity index (χ4v) is 2.08. The van der Waals surface area contributed by atoms with Crippen LogP contribution in [0.4, 0.5) is 0 Å². The van der Waals surface area contributed by atoms with Crippen LogP contribution in [0.3, 0.4) is 0 Å². The van der Waals surface area contributed by atoms with Crippen LogP contribution in [0.25, 0.3) is 0 Å². The summed E-state index contributed by atoms with van der Waals surface area (Å²) in [7, 11) is 0. The van der Waals surface area contributed by atoms with Gasteiger partial charge in [0.15, 0.2) is 0 Å². The molecular formula is C15H22N2O. The van der Waals surface area contributed by atoms with E-state index in [1.165, 1.54) is 25.7 Å². The Morgan fingerprint density at radius 3 is 2.50 bits per heavy atom. The van der Waals surface area contributed by atoms with Crippen molar-refractivity contribution < 1.29 is 0 Å². The third kappa shape index (κ3) is 4.03. The van der Waals surface area contributed by atoms with Gasteiger partial charge in [0.2, 0.25) is 0 Å². The summed E-state index contributed by atoms with van der Waals surface area (Å²) in [5, 5.41) is 8.84. The van der Waals surface area contributed by atoms with Crippen molar-refractivity contribution in [3.05, 3.63) is 33.7 Å². The molecule has 1 rings (SSSR count). The van der Waals surface area contributed by atoms with Crippen molar-refractivity contribution in [3.63, 3.8) is 0 Å². The molecule has 0 atom stereocenters. The number of aromatic nitrogens is 1. The standard InChI is InChI=1S/C15H22N2O/c1-3-4-5-6-7-8-11-17-13(2)9-10-14(12-16)15(17)18/h9-10H,3-8,11H2,1-2H3. The molecule has 0 bridgehead atoms. The smallest absolute Gasteiger partial charge is 0.268 e. The number of unbranched alkanes of at least 4 members (excludes halogenated alkanes) is 5. The summed E-state index contributed by atoms with van der Waals surface area (Å²) >= 11 is 0. The Balaban J connectivity index is 2.52. The normalized spacial score (nSPS) is 10.3. The second-order valence-corrected chi connectivity index (χ2v) is 4.72. The topological polar surface area (TPSA) is 45.8 Å². The molecule has 0 aliphatic heterocycles. The van der Waals surface area contributed by atoms with Crippen LogP contribution >= 0.6 is 0 Å². The molecule has 0 spiro atoms. The average Bonchev–Trinajstić information content (AvgIpc) is 2.37. The van der Waals surface area contributed by atoms with Crippen LogP contribution in [0.5, 0.6) is 0 Å². The molecule has 0 amide bonds. The number of nitrogens with zero attached hydrogens (tertiary/aromatic N) is 2. The van der Waals surface area contributed by atoms with E-state index in [2.05, 4.69) is 6.92 Å². The monoisotopic (exact) mass is 246 g/mol. The van der Waals surface area contributed by atoms with Crippen molar-refractivity contribution in [1.29, 1.82) is 5.26 Å². The minimum Gasteiger partial charge on any atom is -0.312 e. The van der Waals surface area contributed by atoms with E-state index in [0.29, 0.717) is 0 Å². The number of aryl methyl sites for hydroxylation is 1. The van der Waals surface area contributed by atoms with E-state index in [9.17, 15) is 4.79 Å². The highest BCUT2D eigenvalue weighted by molar-refractivity contribution is 5.27. The fourth-order valence-electron chi connectivity index (χ4n) is 2.08. The Morgan fingerprint density at radius 2 is 1.83 bits per heavy atom. The van der Waals surface area contributed by atoms with Gasteiger partial charge in [0.05, 0.1) is 0 Å². The Hall–Kier alpha value is -1.56. The second kappa shape index (κ2) is 7.71. The summed E-state index contributed by atoms with van der Waals surface area (Å²) in [5.41, 5.74) is 1.03. The maximum Gasteiger partial charge on any atom is 0.268 e. The van der Waals surface area contributed by atoms with Crippen molar-refractivity contribution >= 4 is 0 Å². The van der Waals surface area contributed by atoms with Crippen LogP contribution in [-0.4, -0.2) is 4.57 Å². The zero-order chi connectivity index (χ0) is 13.4. The molecule has 0 saturated heterocycles. The summed E-state index contributed by atoms with van der Waals surface area (Å²) in [6.45, 7) is 4.85. The number of rotatable bonds is 7. The lowest BCUT2D eigenvalue weighted by Gasteiger charge is -2.09. The minimum atomic E-state index is -0.147. The van der Waals surface area contributed by atoms with Crippen LogP contribution < -0.4 is 5.56 Å². The summed E-state index contributed by atoms with van der Waals surface area (Å²) < 4.78 is 1.72. The Labute approximate surface area is 109 Å². The highest BCUT2D eigenvalue weighted by Crippen LogP contribution is 2.07. The zero-order valence-corrected chi connectivity index (χ0v) is 11.4. The van der Waals surface area contributed by atoms with Gasteiger partial charge in [0.25, 0.3) is 5.56 Å². The number of hydrogen-bond donors (Lipinski definition) is 0. The molecule has 0 unspecified atom stereocenters. The molecule has 1 aromatic rings. The Morgan fingerprint density at radius 1 is 1.17 bits per heavy atom. The summed E-state index contributed by atoms with van der Waals surface area (Å²) in [5.74, 6) is 0. The van der Waals surface area contributed by atoms with Crippen molar-refractivity contribution in [2.45, 2.75) is 58.9 Å². The molecule has 0 fully saturated rings. The maximum absolute atomic E-state index is 11.9. The molecule has 18 heavy (non-hydrogen) atoms. The van der Waals surface area contributed by atoms with Gasteiger partial charge in [0.1, 0.15) is 11.6 Å². The first-order chi connectivity index (χ1) is 8.70. The van der Waals surface area contributed by atoms with Crippen LogP contribution in [0, 0.1) is 18.3 Å². The fraction of sp³-hybridized carbons (Fsp3) is 0.600. The third-order valence-electron chi connectivity index (χ3n) is 3.25. The molecule has 0 N–H and O–H groups in total. The highest BCUT2D eigenvalue weighted by atomic mass is 16.1. The minimum absolute atomic E-state index is 0.147. The Bertz CT molecular complexity index is 468. The predicted octanol–water partition coefficient (Wildman–Crippen LogP) is 3.39. The third-order valence-corrected chi connectivity index (χ3v) is 3.25. The van der Waals surface area contributed by atoms with Gasteiger partial charge < -0.3 is 4.57 Å². The molecule has 1 aromatic heterocycles. The van der Waals surface area contributed by atoms with Crippen molar-refractivity contribution in [2.75, 3.05) is 0 Å². The summed E-state index contributed by atoms with van der Waals surface area (Å²) in [6.07, 6.45) is 7.23. The molecule has 3 heteroatoms. The predicted molar refractivity (Wildman–Crippen MR) is 73.5 cm³/mol. The molecule has 98 valence electrons. The first-order valence-corrected chi connectivity index (χ1v) is 6.81. The van der Waals surface area contributed by atoms with Crippen molar-refractivity contribution in [1.82, 2.24) is 4.57 Å². The van der Waals surface area contributed by atoms with Gasteiger partial charge in [0, 0.05) is 12.2 Å². The second-order valence-electron chi connectivity index (χ2n) is 4.72. The van der Waals surface area contributed by atoms with Crippen LogP contribution in [0.15, 0.2) is 16.9 Å². The number of hydrogen-bond acceptors (Lipinski definition) is 2. The molecule has 0 aliphatic rings. The zero-order valence-electron chi connectivity index (χ0n) is 11.4. The van der Waals surface area contributed by atoms with Gasteiger partial charge in [-0.05, 0) is 25.5 Å². The lowest BCUT2D eigenvalue weighted by molar-refractivity contribution is 0.542. The molecule has 0 aliphatic carbocycles. The average molecular weight is 246 g/mol. The van der Waals surface area contributed by atoms with E-state index < -0.39 is 0 Å². The molecule has 0 radical (unpaired) electrons. The van der Waals surface area contributed by atoms with Crippen LogP contribution in [0.1, 0.15) is 56.7 Å². The van der Waals surface area contributed by atoms with E-state index in [1.807, 2.05) is 19.1 Å². The highest BCUT2D eigenvalue weighted by Gasteiger charge is 2.05.